The highest BCUT2D eigenvalue weighted by molar-refractivity contribution is 5.63. The van der Waals surface area contributed by atoms with Crippen molar-refractivity contribution in [3.8, 4) is 5.75 Å². The Morgan fingerprint density at radius 1 is 0.947 bits per heavy atom. The summed E-state index contributed by atoms with van der Waals surface area (Å²) in [6, 6.07) is 10.6. The minimum absolute atomic E-state index is 0.0285. The van der Waals surface area contributed by atoms with E-state index in [0.717, 1.165) is 16.7 Å². The molecule has 0 atom stereocenters. The van der Waals surface area contributed by atoms with Crippen molar-refractivity contribution in [2.75, 3.05) is 18.1 Å². The van der Waals surface area contributed by atoms with Gasteiger partial charge in [-0.05, 0) is 53.8 Å². The van der Waals surface area contributed by atoms with Crippen molar-refractivity contribution >= 4 is 11.4 Å². The summed E-state index contributed by atoms with van der Waals surface area (Å²) in [5.74, 6) is 0.226. The predicted octanol–water partition coefficient (Wildman–Crippen LogP) is 1.68. The van der Waals surface area contributed by atoms with Gasteiger partial charge in [-0.1, -0.05) is 12.1 Å². The second-order valence-electron chi connectivity index (χ2n) is 4.52. The predicted molar refractivity (Wildman–Crippen MR) is 77.0 cm³/mol. The van der Waals surface area contributed by atoms with E-state index in [1.807, 2.05) is 6.07 Å². The van der Waals surface area contributed by atoms with Crippen LogP contribution in [0, 0.1) is 0 Å². The van der Waals surface area contributed by atoms with Gasteiger partial charge in [0.25, 0.3) is 0 Å². The summed E-state index contributed by atoms with van der Waals surface area (Å²) in [5.41, 5.74) is 16.0. The van der Waals surface area contributed by atoms with E-state index in [4.69, 9.17) is 16.6 Å². The normalized spacial score (nSPS) is 10.6. The quantitative estimate of drug-likeness (QED) is 0.628. The molecule has 0 heterocycles. The standard InChI is InChI=1S/C15H18N2O2/c16-14-4-5-15(17)13(12(14)6-7-18)9-10-2-1-3-11(19)8-10/h1-5,8,18-19H,6-7,9,16-17H2. The Balaban J connectivity index is 2.41. The third-order valence-electron chi connectivity index (χ3n) is 3.16. The van der Waals surface area contributed by atoms with Crippen LogP contribution < -0.4 is 11.5 Å². The third kappa shape index (κ3) is 2.98. The molecule has 6 N–H and O–H groups in total. The number of aromatic hydroxyl groups is 1. The number of aliphatic hydroxyl groups excluding tert-OH is 1. The number of phenols is 1. The molecule has 0 aliphatic rings. The molecule has 0 bridgehead atoms. The van der Waals surface area contributed by atoms with E-state index in [1.165, 1.54) is 0 Å². The van der Waals surface area contributed by atoms with Crippen LogP contribution in [0.25, 0.3) is 0 Å². The third-order valence-corrected chi connectivity index (χ3v) is 3.16. The van der Waals surface area contributed by atoms with Gasteiger partial charge < -0.3 is 21.7 Å². The summed E-state index contributed by atoms with van der Waals surface area (Å²) in [6.07, 6.45) is 1.06. The lowest BCUT2D eigenvalue weighted by Gasteiger charge is -2.14. The molecular weight excluding hydrogens is 240 g/mol. The lowest BCUT2D eigenvalue weighted by atomic mass is 9.95. The van der Waals surface area contributed by atoms with Crippen molar-refractivity contribution in [3.63, 3.8) is 0 Å². The van der Waals surface area contributed by atoms with E-state index in [2.05, 4.69) is 0 Å². The minimum atomic E-state index is 0.0285. The number of nitrogens with two attached hydrogens (primary N) is 2. The minimum Gasteiger partial charge on any atom is -0.508 e. The molecule has 0 aliphatic carbocycles. The summed E-state index contributed by atoms with van der Waals surface area (Å²) in [5, 5.41) is 18.6. The van der Waals surface area contributed by atoms with Crippen LogP contribution in [0.3, 0.4) is 0 Å². The van der Waals surface area contributed by atoms with Crippen LogP contribution in [0.1, 0.15) is 16.7 Å². The number of benzene rings is 2. The van der Waals surface area contributed by atoms with Gasteiger partial charge in [0.05, 0.1) is 0 Å². The highest BCUT2D eigenvalue weighted by Gasteiger charge is 2.11. The SMILES string of the molecule is Nc1ccc(N)c(Cc2cccc(O)c2)c1CCO. The zero-order valence-corrected chi connectivity index (χ0v) is 10.6. The molecule has 0 saturated carbocycles. The molecule has 2 aromatic carbocycles. The molecule has 0 radical (unpaired) electrons. The van der Waals surface area contributed by atoms with E-state index in [0.29, 0.717) is 24.2 Å². The van der Waals surface area contributed by atoms with Crippen molar-refractivity contribution in [1.82, 2.24) is 0 Å². The number of anilines is 2. The molecule has 0 amide bonds. The first kappa shape index (κ1) is 13.2. The van der Waals surface area contributed by atoms with E-state index in [1.54, 1.807) is 30.3 Å². The second-order valence-corrected chi connectivity index (χ2v) is 4.52. The van der Waals surface area contributed by atoms with E-state index >= 15 is 0 Å². The maximum Gasteiger partial charge on any atom is 0.115 e. The van der Waals surface area contributed by atoms with Crippen LogP contribution in [0.15, 0.2) is 36.4 Å². The maximum atomic E-state index is 9.49. The number of aliphatic hydroxyl groups is 1. The molecule has 0 unspecified atom stereocenters. The molecule has 0 aliphatic heterocycles. The Hall–Kier alpha value is -2.20. The highest BCUT2D eigenvalue weighted by Crippen LogP contribution is 2.27. The van der Waals surface area contributed by atoms with Gasteiger partial charge in [0.1, 0.15) is 5.75 Å². The van der Waals surface area contributed by atoms with Crippen molar-refractivity contribution in [3.05, 3.63) is 53.1 Å². The van der Waals surface area contributed by atoms with Gasteiger partial charge in [-0.2, -0.15) is 0 Å². The fourth-order valence-corrected chi connectivity index (χ4v) is 2.22. The molecule has 2 rings (SSSR count). The monoisotopic (exact) mass is 258 g/mol. The first-order chi connectivity index (χ1) is 9.11. The van der Waals surface area contributed by atoms with E-state index in [-0.39, 0.29) is 12.4 Å². The van der Waals surface area contributed by atoms with Crippen LogP contribution in [0.2, 0.25) is 0 Å². The van der Waals surface area contributed by atoms with Gasteiger partial charge in [-0.25, -0.2) is 0 Å². The largest absolute Gasteiger partial charge is 0.508 e. The Morgan fingerprint density at radius 2 is 1.63 bits per heavy atom. The van der Waals surface area contributed by atoms with E-state index < -0.39 is 0 Å². The van der Waals surface area contributed by atoms with Crippen LogP contribution in [-0.2, 0) is 12.8 Å². The zero-order valence-electron chi connectivity index (χ0n) is 10.6. The fourth-order valence-electron chi connectivity index (χ4n) is 2.22. The first-order valence-corrected chi connectivity index (χ1v) is 6.16. The summed E-state index contributed by atoms with van der Waals surface area (Å²) < 4.78 is 0. The second kappa shape index (κ2) is 5.63. The molecule has 0 fully saturated rings. The van der Waals surface area contributed by atoms with Crippen LogP contribution in [-0.4, -0.2) is 16.8 Å². The van der Waals surface area contributed by atoms with Gasteiger partial charge in [-0.15, -0.1) is 0 Å². The number of rotatable bonds is 4. The van der Waals surface area contributed by atoms with Gasteiger partial charge in [0.15, 0.2) is 0 Å². The topological polar surface area (TPSA) is 92.5 Å². The van der Waals surface area contributed by atoms with Gasteiger partial charge in [0.2, 0.25) is 0 Å². The van der Waals surface area contributed by atoms with Crippen molar-refractivity contribution in [2.24, 2.45) is 0 Å². The van der Waals surface area contributed by atoms with Crippen LogP contribution in [0.5, 0.6) is 5.75 Å². The summed E-state index contributed by atoms with van der Waals surface area (Å²) in [4.78, 5) is 0. The Bertz CT molecular complexity index is 582. The molecule has 4 heteroatoms. The molecule has 4 nitrogen and oxygen atoms in total. The fraction of sp³-hybridized carbons (Fsp3) is 0.200. The molecule has 0 saturated heterocycles. The molecular formula is C15H18N2O2. The van der Waals surface area contributed by atoms with Crippen LogP contribution in [0.4, 0.5) is 11.4 Å². The molecule has 2 aromatic rings. The molecule has 19 heavy (non-hydrogen) atoms. The smallest absolute Gasteiger partial charge is 0.115 e. The van der Waals surface area contributed by atoms with Crippen molar-refractivity contribution in [2.45, 2.75) is 12.8 Å². The number of hydrogen-bond donors (Lipinski definition) is 4. The lowest BCUT2D eigenvalue weighted by molar-refractivity contribution is 0.299. The highest BCUT2D eigenvalue weighted by atomic mass is 16.3. The summed E-state index contributed by atoms with van der Waals surface area (Å²) in [6.45, 7) is 0.0285. The maximum absolute atomic E-state index is 9.49. The zero-order chi connectivity index (χ0) is 13.8. The average molecular weight is 258 g/mol. The Morgan fingerprint density at radius 3 is 2.26 bits per heavy atom. The number of nitrogen functional groups attached to an aromatic ring is 2. The summed E-state index contributed by atoms with van der Waals surface area (Å²) >= 11 is 0. The first-order valence-electron chi connectivity index (χ1n) is 6.16. The lowest BCUT2D eigenvalue weighted by Crippen LogP contribution is -2.07. The number of hydrogen-bond acceptors (Lipinski definition) is 4. The van der Waals surface area contributed by atoms with Crippen molar-refractivity contribution in [1.29, 1.82) is 0 Å². The van der Waals surface area contributed by atoms with Crippen molar-refractivity contribution < 1.29 is 10.2 Å². The van der Waals surface area contributed by atoms with E-state index in [9.17, 15) is 5.11 Å². The van der Waals surface area contributed by atoms with Crippen LogP contribution >= 0.6 is 0 Å². The Labute approximate surface area is 112 Å². The van der Waals surface area contributed by atoms with Gasteiger partial charge in [-0.3, -0.25) is 0 Å². The average Bonchev–Trinajstić information content (AvgIpc) is 2.38. The Kier molecular flexibility index (Phi) is 3.92. The summed E-state index contributed by atoms with van der Waals surface area (Å²) in [7, 11) is 0. The molecule has 100 valence electrons. The molecule has 0 aromatic heterocycles. The molecule has 0 spiro atoms. The van der Waals surface area contributed by atoms with Gasteiger partial charge in [0, 0.05) is 18.0 Å². The van der Waals surface area contributed by atoms with Gasteiger partial charge >= 0.3 is 0 Å². The number of phenolic OH excluding ortho intramolecular Hbond substituents is 1.